The summed E-state index contributed by atoms with van der Waals surface area (Å²) in [5.74, 6) is 1.09. The largest absolute Gasteiger partial charge is 0.396 e. The van der Waals surface area contributed by atoms with Gasteiger partial charge >= 0.3 is 0 Å². The van der Waals surface area contributed by atoms with E-state index in [0.717, 1.165) is 38.1 Å². The van der Waals surface area contributed by atoms with Gasteiger partial charge in [0.25, 0.3) is 0 Å². The Hall–Kier alpha value is -0.570. The molecule has 0 aliphatic heterocycles. The molecule has 0 aromatic carbocycles. The average molecular weight is 267 g/mol. The SMILES string of the molecule is O=C(CCCC1CCCCC1)NCC1(CCO)CC1. The van der Waals surface area contributed by atoms with Gasteiger partial charge in [-0.05, 0) is 43.4 Å². The molecule has 1 amide bonds. The fraction of sp³-hybridized carbons (Fsp3) is 0.938. The van der Waals surface area contributed by atoms with E-state index in [0.29, 0.717) is 6.42 Å². The molecule has 0 spiro atoms. The molecule has 0 saturated heterocycles. The van der Waals surface area contributed by atoms with Gasteiger partial charge in [0.05, 0.1) is 0 Å². The molecular weight excluding hydrogens is 238 g/mol. The van der Waals surface area contributed by atoms with Crippen molar-refractivity contribution in [3.05, 3.63) is 0 Å². The minimum atomic E-state index is 0.208. The Bertz CT molecular complexity index is 280. The second kappa shape index (κ2) is 7.28. The van der Waals surface area contributed by atoms with Crippen LogP contribution in [0, 0.1) is 11.3 Å². The molecule has 2 aliphatic carbocycles. The molecule has 2 fully saturated rings. The molecule has 3 nitrogen and oxygen atoms in total. The molecule has 2 saturated carbocycles. The molecule has 2 rings (SSSR count). The minimum absolute atomic E-state index is 0.208. The number of rotatable bonds is 8. The number of carbonyl (C=O) groups excluding carboxylic acids is 1. The summed E-state index contributed by atoms with van der Waals surface area (Å²) in [6.07, 6.45) is 13.1. The van der Waals surface area contributed by atoms with E-state index in [1.807, 2.05) is 0 Å². The number of hydrogen-bond donors (Lipinski definition) is 2. The van der Waals surface area contributed by atoms with E-state index < -0.39 is 0 Å². The molecule has 0 radical (unpaired) electrons. The summed E-state index contributed by atoms with van der Waals surface area (Å²) < 4.78 is 0. The third-order valence-electron chi connectivity index (χ3n) is 5.00. The predicted octanol–water partition coefficient (Wildman–Crippen LogP) is 3.02. The first-order valence-electron chi connectivity index (χ1n) is 8.12. The standard InChI is InChI=1S/C16H29NO2/c18-12-11-16(9-10-16)13-17-15(19)8-4-7-14-5-2-1-3-6-14/h14,18H,1-13H2,(H,17,19). The van der Waals surface area contributed by atoms with Gasteiger partial charge in [-0.1, -0.05) is 32.1 Å². The third kappa shape index (κ3) is 5.13. The topological polar surface area (TPSA) is 49.3 Å². The zero-order valence-electron chi connectivity index (χ0n) is 12.1. The lowest BCUT2D eigenvalue weighted by atomic mass is 9.86. The van der Waals surface area contributed by atoms with Crippen LogP contribution in [0.5, 0.6) is 0 Å². The number of nitrogens with one attached hydrogen (secondary N) is 1. The molecule has 0 atom stereocenters. The number of aliphatic hydroxyl groups excluding tert-OH is 1. The van der Waals surface area contributed by atoms with Crippen molar-refractivity contribution in [1.82, 2.24) is 5.32 Å². The van der Waals surface area contributed by atoms with Gasteiger partial charge in [-0.15, -0.1) is 0 Å². The van der Waals surface area contributed by atoms with Crippen LogP contribution in [-0.2, 0) is 4.79 Å². The second-order valence-corrected chi connectivity index (χ2v) is 6.65. The van der Waals surface area contributed by atoms with Crippen molar-refractivity contribution in [1.29, 1.82) is 0 Å². The van der Waals surface area contributed by atoms with Crippen molar-refractivity contribution in [3.8, 4) is 0 Å². The number of carbonyl (C=O) groups is 1. The maximum absolute atomic E-state index is 11.8. The molecule has 19 heavy (non-hydrogen) atoms. The second-order valence-electron chi connectivity index (χ2n) is 6.65. The summed E-state index contributed by atoms with van der Waals surface area (Å²) in [7, 11) is 0. The van der Waals surface area contributed by atoms with Crippen LogP contribution in [0.25, 0.3) is 0 Å². The number of amides is 1. The molecule has 0 heterocycles. The lowest BCUT2D eigenvalue weighted by Gasteiger charge is -2.21. The van der Waals surface area contributed by atoms with E-state index in [1.54, 1.807) is 0 Å². The van der Waals surface area contributed by atoms with Crippen LogP contribution in [0.3, 0.4) is 0 Å². The number of hydrogen-bond acceptors (Lipinski definition) is 2. The van der Waals surface area contributed by atoms with E-state index in [1.165, 1.54) is 38.5 Å². The van der Waals surface area contributed by atoms with Crippen LogP contribution in [-0.4, -0.2) is 24.2 Å². The van der Waals surface area contributed by atoms with Crippen LogP contribution in [0.2, 0.25) is 0 Å². The van der Waals surface area contributed by atoms with Gasteiger partial charge in [0.15, 0.2) is 0 Å². The van der Waals surface area contributed by atoms with Gasteiger partial charge in [-0.3, -0.25) is 4.79 Å². The molecule has 2 aliphatic rings. The third-order valence-corrected chi connectivity index (χ3v) is 5.00. The Balaban J connectivity index is 1.52. The van der Waals surface area contributed by atoms with Crippen LogP contribution < -0.4 is 5.32 Å². The van der Waals surface area contributed by atoms with Crippen LogP contribution in [0.4, 0.5) is 0 Å². The van der Waals surface area contributed by atoms with Crippen LogP contribution in [0.15, 0.2) is 0 Å². The van der Waals surface area contributed by atoms with Crippen molar-refractivity contribution < 1.29 is 9.90 Å². The van der Waals surface area contributed by atoms with Gasteiger partial charge in [-0.2, -0.15) is 0 Å². The minimum Gasteiger partial charge on any atom is -0.396 e. The van der Waals surface area contributed by atoms with Crippen LogP contribution in [0.1, 0.15) is 70.6 Å². The first kappa shape index (κ1) is 14.8. The Kier molecular flexibility index (Phi) is 5.68. The highest BCUT2D eigenvalue weighted by molar-refractivity contribution is 5.75. The lowest BCUT2D eigenvalue weighted by molar-refractivity contribution is -0.121. The molecule has 0 aromatic heterocycles. The summed E-state index contributed by atoms with van der Waals surface area (Å²) in [4.78, 5) is 11.8. The highest BCUT2D eigenvalue weighted by atomic mass is 16.3. The maximum atomic E-state index is 11.8. The smallest absolute Gasteiger partial charge is 0.220 e. The normalized spacial score (nSPS) is 22.2. The van der Waals surface area contributed by atoms with E-state index in [4.69, 9.17) is 5.11 Å². The van der Waals surface area contributed by atoms with Gasteiger partial charge in [-0.25, -0.2) is 0 Å². The fourth-order valence-corrected chi connectivity index (χ4v) is 3.33. The highest BCUT2D eigenvalue weighted by Gasteiger charge is 2.41. The first-order valence-corrected chi connectivity index (χ1v) is 8.12. The van der Waals surface area contributed by atoms with Gasteiger partial charge < -0.3 is 10.4 Å². The van der Waals surface area contributed by atoms with E-state index >= 15 is 0 Å². The van der Waals surface area contributed by atoms with Gasteiger partial charge in [0.2, 0.25) is 5.91 Å². The summed E-state index contributed by atoms with van der Waals surface area (Å²) in [5, 5.41) is 12.0. The Morgan fingerprint density at radius 3 is 2.58 bits per heavy atom. The molecule has 110 valence electrons. The Labute approximate surface area is 117 Å². The molecule has 0 unspecified atom stereocenters. The predicted molar refractivity (Wildman–Crippen MR) is 76.8 cm³/mol. The van der Waals surface area contributed by atoms with Gasteiger partial charge in [0, 0.05) is 19.6 Å². The highest BCUT2D eigenvalue weighted by Crippen LogP contribution is 2.47. The van der Waals surface area contributed by atoms with Crippen molar-refractivity contribution in [2.75, 3.05) is 13.2 Å². The van der Waals surface area contributed by atoms with Crippen LogP contribution >= 0.6 is 0 Å². The summed E-state index contributed by atoms with van der Waals surface area (Å²) in [6, 6.07) is 0. The summed E-state index contributed by atoms with van der Waals surface area (Å²) >= 11 is 0. The molecule has 2 N–H and O–H groups in total. The van der Waals surface area contributed by atoms with Crippen molar-refractivity contribution in [2.45, 2.75) is 70.6 Å². The zero-order valence-corrected chi connectivity index (χ0v) is 12.1. The molecule has 0 aromatic rings. The number of aliphatic hydroxyl groups is 1. The Morgan fingerprint density at radius 1 is 1.21 bits per heavy atom. The fourth-order valence-electron chi connectivity index (χ4n) is 3.33. The van der Waals surface area contributed by atoms with Crippen molar-refractivity contribution >= 4 is 5.91 Å². The summed E-state index contributed by atoms with van der Waals surface area (Å²) in [5.41, 5.74) is 0.244. The van der Waals surface area contributed by atoms with E-state index in [2.05, 4.69) is 5.32 Å². The van der Waals surface area contributed by atoms with Crippen molar-refractivity contribution in [3.63, 3.8) is 0 Å². The first-order chi connectivity index (χ1) is 9.24. The average Bonchev–Trinajstić information content (AvgIpc) is 3.19. The van der Waals surface area contributed by atoms with Gasteiger partial charge in [0.1, 0.15) is 0 Å². The summed E-state index contributed by atoms with van der Waals surface area (Å²) in [6.45, 7) is 1.02. The molecule has 3 heteroatoms. The maximum Gasteiger partial charge on any atom is 0.220 e. The van der Waals surface area contributed by atoms with E-state index in [-0.39, 0.29) is 17.9 Å². The Morgan fingerprint density at radius 2 is 1.95 bits per heavy atom. The lowest BCUT2D eigenvalue weighted by Crippen LogP contribution is -2.30. The monoisotopic (exact) mass is 267 g/mol. The van der Waals surface area contributed by atoms with E-state index in [9.17, 15) is 4.79 Å². The molecular formula is C16H29NO2. The quantitative estimate of drug-likeness (QED) is 0.710. The van der Waals surface area contributed by atoms with Crippen molar-refractivity contribution in [2.24, 2.45) is 11.3 Å². The molecule has 0 bridgehead atoms. The zero-order chi connectivity index (χ0) is 13.6.